The molecule has 3 aromatic carbocycles. The topological polar surface area (TPSA) is 112 Å². The second-order valence-corrected chi connectivity index (χ2v) is 10.6. The van der Waals surface area contributed by atoms with Crippen molar-refractivity contribution >= 4 is 39.9 Å². The Kier molecular flexibility index (Phi) is 9.34. The molecule has 1 aliphatic rings. The number of rotatable bonds is 9. The number of nitrogens with zero attached hydrogens (tertiary/aromatic N) is 5. The molecule has 2 amide bonds. The van der Waals surface area contributed by atoms with Crippen molar-refractivity contribution < 1.29 is 19.4 Å². The summed E-state index contributed by atoms with van der Waals surface area (Å²) in [5.74, 6) is 1.35. The van der Waals surface area contributed by atoms with Gasteiger partial charge in [-0.05, 0) is 49.4 Å². The number of ether oxygens (including phenoxy) is 2. The van der Waals surface area contributed by atoms with Gasteiger partial charge in [0, 0.05) is 49.5 Å². The first kappa shape index (κ1) is 30.1. The minimum absolute atomic E-state index is 0.0696. The van der Waals surface area contributed by atoms with E-state index in [1.165, 1.54) is 12.0 Å². The highest BCUT2D eigenvalue weighted by Crippen LogP contribution is 2.37. The number of anilines is 2. The number of fused-ring (bicyclic) bond motifs is 1. The van der Waals surface area contributed by atoms with Gasteiger partial charge in [0.15, 0.2) is 5.82 Å². The fourth-order valence-corrected chi connectivity index (χ4v) is 5.52. The van der Waals surface area contributed by atoms with E-state index in [-0.39, 0.29) is 12.2 Å². The second kappa shape index (κ2) is 13.3. The van der Waals surface area contributed by atoms with Crippen molar-refractivity contribution in [2.24, 2.45) is 0 Å². The number of amides is 2. The van der Waals surface area contributed by atoms with Gasteiger partial charge in [-0.25, -0.2) is 14.5 Å². The highest BCUT2D eigenvalue weighted by molar-refractivity contribution is 6.30. The average Bonchev–Trinajstić information content (AvgIpc) is 3.02. The van der Waals surface area contributed by atoms with Gasteiger partial charge in [-0.2, -0.15) is 0 Å². The van der Waals surface area contributed by atoms with Crippen molar-refractivity contribution in [2.45, 2.75) is 13.0 Å². The number of methoxy groups -OCH3 is 2. The van der Waals surface area contributed by atoms with E-state index in [9.17, 15) is 14.7 Å². The highest BCUT2D eigenvalue weighted by Gasteiger charge is 2.32. The maximum atomic E-state index is 14.1. The normalized spacial score (nSPS) is 14.4. The van der Waals surface area contributed by atoms with Crippen LogP contribution in [0.25, 0.3) is 10.9 Å². The summed E-state index contributed by atoms with van der Waals surface area (Å²) < 4.78 is 12.7. The van der Waals surface area contributed by atoms with Crippen LogP contribution < -0.4 is 30.3 Å². The van der Waals surface area contributed by atoms with Crippen LogP contribution in [0.3, 0.4) is 0 Å². The van der Waals surface area contributed by atoms with E-state index >= 15 is 0 Å². The van der Waals surface area contributed by atoms with Crippen LogP contribution in [0.2, 0.25) is 5.02 Å². The SMILES string of the molecule is COc1ccc(N(C(=O)Nc2cccc(Cl)c2)C(C)c2nc3ccccc3c(=O)n2N2CCN(CCO)CC2)c(OC)c1. The van der Waals surface area contributed by atoms with Gasteiger partial charge in [-0.15, -0.1) is 0 Å². The number of aliphatic hydroxyl groups is 1. The van der Waals surface area contributed by atoms with E-state index in [4.69, 9.17) is 26.1 Å². The lowest BCUT2D eigenvalue weighted by Gasteiger charge is -2.39. The number of urea groups is 1. The first-order chi connectivity index (χ1) is 20.8. The van der Waals surface area contributed by atoms with Gasteiger partial charge in [0.2, 0.25) is 0 Å². The second-order valence-electron chi connectivity index (χ2n) is 10.1. The van der Waals surface area contributed by atoms with E-state index in [2.05, 4.69) is 10.2 Å². The van der Waals surface area contributed by atoms with Gasteiger partial charge >= 0.3 is 6.03 Å². The molecular weight excluding hydrogens is 572 g/mol. The Hall–Kier alpha value is -4.32. The van der Waals surface area contributed by atoms with Gasteiger partial charge in [0.25, 0.3) is 5.56 Å². The summed E-state index contributed by atoms with van der Waals surface area (Å²) in [4.78, 5) is 36.8. The van der Waals surface area contributed by atoms with Crippen LogP contribution in [-0.2, 0) is 0 Å². The largest absolute Gasteiger partial charge is 0.497 e. The summed E-state index contributed by atoms with van der Waals surface area (Å²) in [5.41, 5.74) is 1.27. The number of para-hydroxylation sites is 1. The van der Waals surface area contributed by atoms with Crippen molar-refractivity contribution in [2.75, 3.05) is 68.8 Å². The highest BCUT2D eigenvalue weighted by atomic mass is 35.5. The maximum Gasteiger partial charge on any atom is 0.327 e. The summed E-state index contributed by atoms with van der Waals surface area (Å²) in [6.45, 7) is 4.88. The molecule has 5 rings (SSSR count). The zero-order valence-corrected chi connectivity index (χ0v) is 25.1. The summed E-state index contributed by atoms with van der Waals surface area (Å²) in [6.07, 6.45) is 0. The van der Waals surface area contributed by atoms with Crippen molar-refractivity contribution in [3.63, 3.8) is 0 Å². The lowest BCUT2D eigenvalue weighted by atomic mass is 10.1. The van der Waals surface area contributed by atoms with Gasteiger partial charge in [0.05, 0.1) is 43.5 Å². The quantitative estimate of drug-likeness (QED) is 0.293. The number of aromatic nitrogens is 2. The molecule has 2 N–H and O–H groups in total. The number of hydrogen-bond acceptors (Lipinski definition) is 8. The fraction of sp³-hybridized carbons (Fsp3) is 0.323. The molecule has 1 saturated heterocycles. The lowest BCUT2D eigenvalue weighted by molar-refractivity contribution is 0.179. The lowest BCUT2D eigenvalue weighted by Crippen LogP contribution is -2.56. The zero-order chi connectivity index (χ0) is 30.5. The average molecular weight is 607 g/mol. The Morgan fingerprint density at radius 1 is 1.05 bits per heavy atom. The number of aliphatic hydroxyl groups excluding tert-OH is 1. The summed E-state index contributed by atoms with van der Waals surface area (Å²) in [5, 5.41) is 15.3. The molecule has 4 aromatic rings. The Balaban J connectivity index is 1.65. The molecule has 1 atom stereocenters. The van der Waals surface area contributed by atoms with E-state index in [0.29, 0.717) is 77.3 Å². The molecule has 43 heavy (non-hydrogen) atoms. The Morgan fingerprint density at radius 2 is 1.81 bits per heavy atom. The van der Waals surface area contributed by atoms with Gasteiger partial charge in [0.1, 0.15) is 11.5 Å². The van der Waals surface area contributed by atoms with E-state index < -0.39 is 12.1 Å². The van der Waals surface area contributed by atoms with Crippen LogP contribution in [-0.4, -0.2) is 79.2 Å². The number of piperazine rings is 1. The Morgan fingerprint density at radius 3 is 2.51 bits per heavy atom. The number of carbonyl (C=O) groups is 1. The van der Waals surface area contributed by atoms with Crippen molar-refractivity contribution in [1.29, 1.82) is 0 Å². The van der Waals surface area contributed by atoms with Crippen LogP contribution in [0.1, 0.15) is 18.8 Å². The smallest absolute Gasteiger partial charge is 0.327 e. The monoisotopic (exact) mass is 606 g/mol. The number of β-amino-alcohol motifs (C(OH)–C–C–N with tert-alkyl or cyclic N) is 1. The maximum absolute atomic E-state index is 14.1. The molecule has 11 nitrogen and oxygen atoms in total. The first-order valence-electron chi connectivity index (χ1n) is 14.0. The number of benzene rings is 3. The minimum Gasteiger partial charge on any atom is -0.497 e. The van der Waals surface area contributed by atoms with E-state index in [1.807, 2.05) is 24.1 Å². The third kappa shape index (κ3) is 6.38. The minimum atomic E-state index is -0.741. The third-order valence-corrected chi connectivity index (χ3v) is 7.76. The molecule has 2 heterocycles. The standard InChI is InChI=1S/C31H35ClN6O5/c1-21(29-34-26-10-5-4-9-25(26)30(40)38(29)36-15-13-35(14-16-36)17-18-39)37(27-12-11-24(42-2)20-28(27)43-3)31(41)33-23-8-6-7-22(32)19-23/h4-12,19-21,39H,13-18H2,1-3H3,(H,33,41). The number of carbonyl (C=O) groups excluding carboxylic acids is 1. The van der Waals surface area contributed by atoms with Crippen LogP contribution in [0.4, 0.5) is 16.2 Å². The number of halogens is 1. The molecule has 12 heteroatoms. The van der Waals surface area contributed by atoms with E-state index in [1.54, 1.807) is 66.4 Å². The molecule has 1 aliphatic heterocycles. The predicted molar refractivity (Wildman–Crippen MR) is 168 cm³/mol. The molecule has 0 bridgehead atoms. The molecule has 1 unspecified atom stereocenters. The van der Waals surface area contributed by atoms with Gasteiger partial charge in [-0.1, -0.05) is 29.8 Å². The molecule has 226 valence electrons. The molecule has 0 aliphatic carbocycles. The predicted octanol–water partition coefficient (Wildman–Crippen LogP) is 4.11. The van der Waals surface area contributed by atoms with Crippen LogP contribution in [0.15, 0.2) is 71.5 Å². The summed E-state index contributed by atoms with van der Waals surface area (Å²) in [7, 11) is 3.07. The van der Waals surface area contributed by atoms with Crippen LogP contribution in [0.5, 0.6) is 11.5 Å². The van der Waals surface area contributed by atoms with Gasteiger partial charge < -0.3 is 24.9 Å². The Labute approximate surface area is 254 Å². The Bertz CT molecular complexity index is 1660. The molecule has 0 radical (unpaired) electrons. The van der Waals surface area contributed by atoms with Crippen molar-refractivity contribution in [1.82, 2.24) is 14.6 Å². The van der Waals surface area contributed by atoms with E-state index in [0.717, 1.165) is 0 Å². The molecule has 0 spiro atoms. The van der Waals surface area contributed by atoms with Crippen LogP contribution in [0, 0.1) is 0 Å². The third-order valence-electron chi connectivity index (χ3n) is 7.53. The van der Waals surface area contributed by atoms with Crippen molar-refractivity contribution in [3.05, 3.63) is 87.9 Å². The molecule has 1 aromatic heterocycles. The zero-order valence-electron chi connectivity index (χ0n) is 24.4. The molecular formula is C31H35ClN6O5. The van der Waals surface area contributed by atoms with Crippen molar-refractivity contribution in [3.8, 4) is 11.5 Å². The fourth-order valence-electron chi connectivity index (χ4n) is 5.33. The molecule has 1 fully saturated rings. The first-order valence-corrected chi connectivity index (χ1v) is 14.4. The van der Waals surface area contributed by atoms with Gasteiger partial charge in [-0.3, -0.25) is 14.6 Å². The summed E-state index contributed by atoms with van der Waals surface area (Å²) >= 11 is 6.20. The molecule has 0 saturated carbocycles. The number of hydrogen-bond donors (Lipinski definition) is 2. The summed E-state index contributed by atoms with van der Waals surface area (Å²) in [6, 6.07) is 18.0. The van der Waals surface area contributed by atoms with Crippen LogP contribution >= 0.6 is 11.6 Å². The number of nitrogens with one attached hydrogen (secondary N) is 1.